The molecule has 0 radical (unpaired) electrons. The third-order valence-electron chi connectivity index (χ3n) is 16.2. The maximum Gasteiger partial charge on any atom is 0.0726 e. The Hall–Kier alpha value is -8.52. The zero-order chi connectivity index (χ0) is 45.6. The Morgan fingerprint density at radius 3 is 1.48 bits per heavy atom. The monoisotopic (exact) mass is 875 g/mol. The van der Waals surface area contributed by atoms with E-state index >= 15 is 0 Å². The fourth-order valence-electron chi connectivity index (χ4n) is 13.2. The van der Waals surface area contributed by atoms with Crippen molar-refractivity contribution in [1.29, 1.82) is 0 Å². The first-order valence-electron chi connectivity index (χ1n) is 24.3. The average molecular weight is 876 g/mol. The molecule has 0 aliphatic heterocycles. The summed E-state index contributed by atoms with van der Waals surface area (Å²) in [6.07, 6.45) is 0. The van der Waals surface area contributed by atoms with Crippen LogP contribution in [0.4, 0.5) is 17.1 Å². The van der Waals surface area contributed by atoms with Gasteiger partial charge >= 0.3 is 0 Å². The highest BCUT2D eigenvalue weighted by molar-refractivity contribution is 6.27. The van der Waals surface area contributed by atoms with Gasteiger partial charge in [-0.3, -0.25) is 0 Å². The van der Waals surface area contributed by atoms with Gasteiger partial charge in [-0.25, -0.2) is 0 Å². The van der Waals surface area contributed by atoms with Crippen molar-refractivity contribution in [1.82, 2.24) is 0 Å². The molecular weight excluding hydrogens is 831 g/mol. The van der Waals surface area contributed by atoms with Crippen molar-refractivity contribution >= 4 is 49.4 Å². The quantitative estimate of drug-likeness (QED) is 0.159. The number of rotatable bonds is 4. The van der Waals surface area contributed by atoms with Gasteiger partial charge in [0.25, 0.3) is 0 Å². The molecule has 1 unspecified atom stereocenters. The molecule has 322 valence electrons. The normalized spacial score (nSPS) is 15.6. The van der Waals surface area contributed by atoms with E-state index in [1.165, 1.54) is 121 Å². The minimum Gasteiger partial charge on any atom is -0.310 e. The van der Waals surface area contributed by atoms with Crippen LogP contribution in [0, 0.1) is 0 Å². The van der Waals surface area contributed by atoms with Crippen LogP contribution in [0.3, 0.4) is 0 Å². The second-order valence-electron chi connectivity index (χ2n) is 19.9. The van der Waals surface area contributed by atoms with Gasteiger partial charge in [-0.15, -0.1) is 0 Å². The molecule has 69 heavy (non-hydrogen) atoms. The topological polar surface area (TPSA) is 3.24 Å². The molecule has 0 saturated heterocycles. The Morgan fingerprint density at radius 1 is 0.290 bits per heavy atom. The molecule has 0 amide bonds. The van der Waals surface area contributed by atoms with Crippen molar-refractivity contribution < 1.29 is 0 Å². The molecular formula is C68H45N. The average Bonchev–Trinajstić information content (AvgIpc) is 3.79. The Kier molecular flexibility index (Phi) is 7.83. The highest BCUT2D eigenvalue weighted by atomic mass is 15.1. The smallest absolute Gasteiger partial charge is 0.0726 e. The summed E-state index contributed by atoms with van der Waals surface area (Å²) in [7, 11) is 0. The van der Waals surface area contributed by atoms with Crippen molar-refractivity contribution in [2.75, 3.05) is 4.90 Å². The number of hydrogen-bond acceptors (Lipinski definition) is 1. The molecule has 3 aliphatic carbocycles. The number of hydrogen-bond donors (Lipinski definition) is 0. The molecule has 0 saturated carbocycles. The second-order valence-corrected chi connectivity index (χ2v) is 19.9. The van der Waals surface area contributed by atoms with Gasteiger partial charge in [0.15, 0.2) is 0 Å². The molecule has 0 N–H and O–H groups in total. The Bertz CT molecular complexity index is 4080. The Morgan fingerprint density at radius 2 is 0.783 bits per heavy atom. The fraction of sp³-hybridized carbons (Fsp3) is 0.0588. The van der Waals surface area contributed by atoms with Crippen LogP contribution < -0.4 is 4.90 Å². The van der Waals surface area contributed by atoms with E-state index in [9.17, 15) is 0 Å². The molecule has 1 spiro atoms. The summed E-state index contributed by atoms with van der Waals surface area (Å²) in [5, 5.41) is 7.86. The predicted octanol–water partition coefficient (Wildman–Crippen LogP) is 18.0. The van der Waals surface area contributed by atoms with Crippen LogP contribution >= 0.6 is 0 Å². The fourth-order valence-corrected chi connectivity index (χ4v) is 13.2. The molecule has 3 aliphatic rings. The summed E-state index contributed by atoms with van der Waals surface area (Å²) in [5.74, 6) is 0. The SMILES string of the molecule is CC1(C)c2ccccc2-c2ccc(N(c3ccc(-c4ccccc4)cc3)c3ccc4c(c3)C3(c5ccccc5-c5ccccc5-4)c4ccccc4-c4c3cc3ccc5cccc6ccc4c3c56)cc21. The lowest BCUT2D eigenvalue weighted by Gasteiger charge is -2.37. The van der Waals surface area contributed by atoms with E-state index in [1.807, 2.05) is 0 Å². The summed E-state index contributed by atoms with van der Waals surface area (Å²) in [4.78, 5) is 2.51. The van der Waals surface area contributed by atoms with Crippen LogP contribution in [0.1, 0.15) is 47.2 Å². The Balaban J connectivity index is 1.05. The number of anilines is 3. The molecule has 1 heteroatoms. The van der Waals surface area contributed by atoms with Crippen molar-refractivity contribution in [3.05, 3.63) is 270 Å². The second kappa shape index (κ2) is 14.0. The summed E-state index contributed by atoms with van der Waals surface area (Å²) >= 11 is 0. The van der Waals surface area contributed by atoms with Gasteiger partial charge in [0.2, 0.25) is 0 Å². The molecule has 12 aromatic rings. The first-order chi connectivity index (χ1) is 34.0. The van der Waals surface area contributed by atoms with E-state index in [0.29, 0.717) is 0 Å². The van der Waals surface area contributed by atoms with Crippen LogP contribution in [-0.2, 0) is 10.8 Å². The highest BCUT2D eigenvalue weighted by Gasteiger charge is 2.51. The maximum atomic E-state index is 2.56. The van der Waals surface area contributed by atoms with Gasteiger partial charge in [-0.2, -0.15) is 0 Å². The van der Waals surface area contributed by atoms with Crippen molar-refractivity contribution in [3.63, 3.8) is 0 Å². The van der Waals surface area contributed by atoms with Crippen LogP contribution in [0.25, 0.3) is 88.0 Å². The van der Waals surface area contributed by atoms with Crippen molar-refractivity contribution in [2.24, 2.45) is 0 Å². The first-order valence-corrected chi connectivity index (χ1v) is 24.3. The highest BCUT2D eigenvalue weighted by Crippen LogP contribution is 2.64. The van der Waals surface area contributed by atoms with Gasteiger partial charge in [0.1, 0.15) is 0 Å². The van der Waals surface area contributed by atoms with Gasteiger partial charge < -0.3 is 4.90 Å². The third-order valence-corrected chi connectivity index (χ3v) is 16.2. The molecule has 0 aromatic heterocycles. The maximum absolute atomic E-state index is 2.56. The predicted molar refractivity (Wildman–Crippen MR) is 290 cm³/mol. The van der Waals surface area contributed by atoms with E-state index in [1.54, 1.807) is 0 Å². The van der Waals surface area contributed by atoms with Gasteiger partial charge in [-0.1, -0.05) is 208 Å². The van der Waals surface area contributed by atoms with Crippen LogP contribution in [0.5, 0.6) is 0 Å². The first kappa shape index (κ1) is 38.6. The number of fused-ring (bicyclic) bond motifs is 16. The Labute approximate surface area is 402 Å². The van der Waals surface area contributed by atoms with E-state index in [4.69, 9.17) is 0 Å². The molecule has 1 nitrogen and oxygen atoms in total. The molecule has 0 heterocycles. The van der Waals surface area contributed by atoms with Crippen molar-refractivity contribution in [3.8, 4) is 55.6 Å². The third kappa shape index (κ3) is 5.14. The lowest BCUT2D eigenvalue weighted by molar-refractivity contribution is 0.660. The van der Waals surface area contributed by atoms with Gasteiger partial charge in [0, 0.05) is 22.5 Å². The van der Waals surface area contributed by atoms with E-state index in [2.05, 4.69) is 255 Å². The van der Waals surface area contributed by atoms with E-state index in [-0.39, 0.29) is 5.41 Å². The molecule has 1 atom stereocenters. The van der Waals surface area contributed by atoms with Crippen molar-refractivity contribution in [2.45, 2.75) is 24.7 Å². The van der Waals surface area contributed by atoms with Crippen LogP contribution in [0.2, 0.25) is 0 Å². The summed E-state index contributed by atoms with van der Waals surface area (Å²) in [5.41, 5.74) is 23.3. The zero-order valence-electron chi connectivity index (χ0n) is 38.5. The minimum atomic E-state index is -0.665. The summed E-state index contributed by atoms with van der Waals surface area (Å²) in [6.45, 7) is 4.76. The standard InChI is InChI=1S/C68H45N/c1-67(2)58-24-11-8-22-53(58)55-38-35-48(40-61(55)67)69(47-32-29-43(30-33-47)42-15-4-3-5-16-42)49-34-37-54-51-20-7-6-19-50(51)52-21-9-12-25-59(52)68(62(54)41-49)60-26-13-10-23-56(60)66-57-36-31-45-18-14-17-44-27-28-46(39-63(66)68)65(57)64(44)45/h3-41H,1-2H3. The largest absolute Gasteiger partial charge is 0.310 e. The minimum absolute atomic E-state index is 0.156. The zero-order valence-corrected chi connectivity index (χ0v) is 38.5. The molecule has 12 aromatic carbocycles. The molecule has 0 fully saturated rings. The number of benzene rings is 12. The number of nitrogens with zero attached hydrogens (tertiary/aromatic N) is 1. The molecule has 15 rings (SSSR count). The van der Waals surface area contributed by atoms with Crippen LogP contribution in [0.15, 0.2) is 237 Å². The lowest BCUT2D eigenvalue weighted by atomic mass is 9.65. The van der Waals surface area contributed by atoms with Gasteiger partial charge in [-0.05, 0) is 164 Å². The van der Waals surface area contributed by atoms with E-state index in [0.717, 1.165) is 17.1 Å². The van der Waals surface area contributed by atoms with E-state index < -0.39 is 5.41 Å². The van der Waals surface area contributed by atoms with Crippen LogP contribution in [-0.4, -0.2) is 0 Å². The lowest BCUT2D eigenvalue weighted by Crippen LogP contribution is -2.29. The summed E-state index contributed by atoms with van der Waals surface area (Å²) < 4.78 is 0. The van der Waals surface area contributed by atoms with Gasteiger partial charge in [0.05, 0.1) is 5.41 Å². The summed E-state index contributed by atoms with van der Waals surface area (Å²) in [6, 6.07) is 89.8. The molecule has 0 bridgehead atoms.